The van der Waals surface area contributed by atoms with Crippen LogP contribution in [0.2, 0.25) is 0 Å². The minimum absolute atomic E-state index is 0.0328. The molecule has 1 aliphatic carbocycles. The lowest BCUT2D eigenvalue weighted by atomic mass is 9.83. The molecule has 0 aromatic carbocycles. The summed E-state index contributed by atoms with van der Waals surface area (Å²) in [7, 11) is 0. The summed E-state index contributed by atoms with van der Waals surface area (Å²) in [6, 6.07) is -4.51. The summed E-state index contributed by atoms with van der Waals surface area (Å²) in [5.41, 5.74) is 29.1. The van der Waals surface area contributed by atoms with Crippen molar-refractivity contribution in [3.63, 3.8) is 0 Å². The number of amides is 1. The highest BCUT2D eigenvalue weighted by Crippen LogP contribution is 2.35. The molecule has 0 radical (unpaired) electrons. The Hall–Kier alpha value is -1.41. The molecule has 4 aliphatic heterocycles. The molecule has 0 aromatic heterocycles. The summed E-state index contributed by atoms with van der Waals surface area (Å²) in [5, 5.41) is 105. The molecule has 0 bridgehead atoms. The zero-order valence-electron chi connectivity index (χ0n) is 31.6. The predicted octanol–water partition coefficient (Wildman–Crippen LogP) is -10.3. The van der Waals surface area contributed by atoms with Gasteiger partial charge in [-0.05, 0) is 38.8 Å². The van der Waals surface area contributed by atoms with Gasteiger partial charge in [-0.2, -0.15) is 0 Å². The first-order chi connectivity index (χ1) is 27.0. The smallest absolute Gasteiger partial charge is 0.251 e. The van der Waals surface area contributed by atoms with Gasteiger partial charge in [-0.1, -0.05) is 0 Å². The number of nitrogens with one attached hydrogen (secondary N) is 3. The second-order valence-corrected chi connectivity index (χ2v) is 15.7. The molecule has 0 unspecified atom stereocenters. The molecule has 24 nitrogen and oxygen atoms in total. The van der Waals surface area contributed by atoms with Crippen LogP contribution >= 0.6 is 0 Å². The second-order valence-electron chi connectivity index (χ2n) is 15.7. The maximum absolute atomic E-state index is 12.9. The number of ether oxygens (including phenoxy) is 6. The lowest BCUT2D eigenvalue weighted by Gasteiger charge is -2.47. The monoisotopic (exact) mass is 828 g/mol. The Labute approximate surface area is 329 Å². The molecule has 1 amide bonds. The van der Waals surface area contributed by atoms with Crippen LogP contribution in [0.4, 0.5) is 0 Å². The van der Waals surface area contributed by atoms with Crippen molar-refractivity contribution in [2.75, 3.05) is 45.9 Å². The van der Waals surface area contributed by atoms with Gasteiger partial charge in [-0.25, -0.2) is 0 Å². The van der Waals surface area contributed by atoms with E-state index in [1.807, 2.05) is 0 Å². The molecule has 0 spiro atoms. The van der Waals surface area contributed by atoms with Crippen LogP contribution in [0.5, 0.6) is 0 Å². The maximum Gasteiger partial charge on any atom is 0.251 e. The topological polar surface area (TPSA) is 421 Å². The number of nitrogens with two attached hydrogens (primary N) is 5. The first-order valence-electron chi connectivity index (χ1n) is 19.4. The summed E-state index contributed by atoms with van der Waals surface area (Å²) in [6.07, 6.45) is -21.8. The molecule has 5 fully saturated rings. The Kier molecular flexibility index (Phi) is 16.7. The largest absolute Gasteiger partial charge is 0.394 e. The standard InChI is InChI=1S/C33H64N8O16/c34-7-16(44)22(46)29(50)41-14-5-12(36)26(55-30-13(37)6-15(43)18(53-30)9-40-11-33(51)1-3-39-4-2-33)28(21(14)45)57-32-25(49)27(19(10-42)54-32)56-31-20(38)24(48)23(47)17(8-35)52-31/h12-28,30-32,39-40,42-49,51H,1-11,34-38H2,(H,41,50)/t12-,13+,14+,15-,16-,17-,18+,19+,20+,21-,22-,23+,24+,25+,26+,27+,28+,30+,31+,32-/m0/s1. The van der Waals surface area contributed by atoms with E-state index in [1.54, 1.807) is 0 Å². The zero-order chi connectivity index (χ0) is 41.8. The molecule has 4 heterocycles. The summed E-state index contributed by atoms with van der Waals surface area (Å²) in [6.45, 7) is 0.313. The Bertz CT molecular complexity index is 1260. The minimum atomic E-state index is -1.96. The van der Waals surface area contributed by atoms with E-state index in [-0.39, 0.29) is 32.5 Å². The molecule has 20 atom stereocenters. The highest BCUT2D eigenvalue weighted by Gasteiger charge is 2.54. The van der Waals surface area contributed by atoms with Gasteiger partial charge in [-0.3, -0.25) is 4.79 Å². The van der Waals surface area contributed by atoms with Crippen molar-refractivity contribution < 1.29 is 79.2 Å². The highest BCUT2D eigenvalue weighted by molar-refractivity contribution is 5.81. The van der Waals surface area contributed by atoms with E-state index in [0.717, 1.165) is 0 Å². The number of rotatable bonds is 16. The van der Waals surface area contributed by atoms with Gasteiger partial charge in [-0.15, -0.1) is 0 Å². The zero-order valence-corrected chi connectivity index (χ0v) is 31.6. The average Bonchev–Trinajstić information content (AvgIpc) is 3.48. The molecule has 5 aliphatic rings. The number of aliphatic hydroxyl groups is 9. The van der Waals surface area contributed by atoms with Crippen molar-refractivity contribution in [3.05, 3.63) is 0 Å². The Balaban J connectivity index is 1.33. The third-order valence-corrected chi connectivity index (χ3v) is 11.5. The maximum atomic E-state index is 12.9. The predicted molar refractivity (Wildman–Crippen MR) is 193 cm³/mol. The quantitative estimate of drug-likeness (QED) is 0.0687. The average molecular weight is 829 g/mol. The van der Waals surface area contributed by atoms with Crippen molar-refractivity contribution in [1.82, 2.24) is 16.0 Å². The summed E-state index contributed by atoms with van der Waals surface area (Å²) >= 11 is 0. The second kappa shape index (κ2) is 20.4. The normalized spacial score (nSPS) is 45.0. The van der Waals surface area contributed by atoms with Crippen molar-refractivity contribution >= 4 is 5.91 Å². The van der Waals surface area contributed by atoms with Crippen LogP contribution in [0.1, 0.15) is 25.7 Å². The molecule has 5 rings (SSSR count). The van der Waals surface area contributed by atoms with Crippen molar-refractivity contribution in [3.8, 4) is 0 Å². The van der Waals surface area contributed by atoms with Gasteiger partial charge in [0.05, 0.1) is 42.5 Å². The van der Waals surface area contributed by atoms with E-state index in [4.69, 9.17) is 57.1 Å². The Morgan fingerprint density at radius 2 is 1.42 bits per heavy atom. The van der Waals surface area contributed by atoms with Gasteiger partial charge in [0.2, 0.25) is 0 Å². The van der Waals surface area contributed by atoms with Gasteiger partial charge >= 0.3 is 0 Å². The Morgan fingerprint density at radius 3 is 2.07 bits per heavy atom. The first kappa shape index (κ1) is 46.7. The van der Waals surface area contributed by atoms with Crippen LogP contribution in [-0.2, 0) is 33.2 Å². The molecular formula is C33H64N8O16. The van der Waals surface area contributed by atoms with Gasteiger partial charge in [0, 0.05) is 32.2 Å². The SMILES string of the molecule is NC[C@@H]1O[C@H](O[C@H]2[C@@H](O)[C@H](O[C@@H]3[C@@H](O)[C@H](NC(=O)[C@@H](O)[C@@H](O)CN)C[C@H](N)[C@H]3O[C@H]3O[C@H](CNCC4(O)CCNCC4)[C@@H](O)C[C@H]3N)O[C@@H]2CO)[C@H](N)[C@@H](O)[C@@H]1O. The number of hydrogen-bond acceptors (Lipinski definition) is 23. The number of aliphatic hydroxyl groups excluding tert-OH is 8. The lowest BCUT2D eigenvalue weighted by Crippen LogP contribution is -2.68. The van der Waals surface area contributed by atoms with Crippen LogP contribution in [0, 0.1) is 0 Å². The third kappa shape index (κ3) is 10.9. The van der Waals surface area contributed by atoms with E-state index in [1.165, 1.54) is 0 Å². The van der Waals surface area contributed by atoms with Gasteiger partial charge in [0.15, 0.2) is 25.0 Å². The van der Waals surface area contributed by atoms with Crippen molar-refractivity contribution in [1.29, 1.82) is 0 Å². The molecule has 22 N–H and O–H groups in total. The van der Waals surface area contributed by atoms with Gasteiger partial charge in [0.1, 0.15) is 61.0 Å². The van der Waals surface area contributed by atoms with E-state index in [0.29, 0.717) is 25.9 Å². The first-order valence-corrected chi connectivity index (χ1v) is 19.4. The van der Waals surface area contributed by atoms with Crippen molar-refractivity contribution in [2.45, 2.75) is 154 Å². The highest BCUT2D eigenvalue weighted by atomic mass is 16.8. The molecule has 1 saturated carbocycles. The number of hydrogen-bond donors (Lipinski definition) is 17. The van der Waals surface area contributed by atoms with Crippen LogP contribution < -0.4 is 44.6 Å². The lowest BCUT2D eigenvalue weighted by molar-refractivity contribution is -0.297. The fourth-order valence-electron chi connectivity index (χ4n) is 7.89. The summed E-state index contributed by atoms with van der Waals surface area (Å²) in [4.78, 5) is 12.9. The van der Waals surface area contributed by atoms with Crippen LogP contribution in [0.3, 0.4) is 0 Å². The summed E-state index contributed by atoms with van der Waals surface area (Å²) < 4.78 is 35.9. The van der Waals surface area contributed by atoms with Crippen molar-refractivity contribution in [2.24, 2.45) is 28.7 Å². The molecule has 57 heavy (non-hydrogen) atoms. The summed E-state index contributed by atoms with van der Waals surface area (Å²) in [5.74, 6) is -1.07. The van der Waals surface area contributed by atoms with E-state index >= 15 is 0 Å². The fourth-order valence-corrected chi connectivity index (χ4v) is 7.89. The molecular weight excluding hydrogens is 764 g/mol. The van der Waals surface area contributed by atoms with Crippen LogP contribution in [0.15, 0.2) is 0 Å². The molecule has 0 aromatic rings. The number of carbonyl (C=O) groups excluding carboxylic acids is 1. The van der Waals surface area contributed by atoms with E-state index < -0.39 is 147 Å². The third-order valence-electron chi connectivity index (χ3n) is 11.5. The van der Waals surface area contributed by atoms with E-state index in [2.05, 4.69) is 16.0 Å². The van der Waals surface area contributed by atoms with Gasteiger partial charge in [0.25, 0.3) is 5.91 Å². The number of piperidine rings is 1. The minimum Gasteiger partial charge on any atom is -0.394 e. The van der Waals surface area contributed by atoms with Crippen LogP contribution in [0.25, 0.3) is 0 Å². The number of carbonyl (C=O) groups is 1. The van der Waals surface area contributed by atoms with E-state index in [9.17, 15) is 50.8 Å². The van der Waals surface area contributed by atoms with Crippen LogP contribution in [-0.4, -0.2) is 226 Å². The fraction of sp³-hybridized carbons (Fsp3) is 0.970. The molecule has 24 heteroatoms. The van der Waals surface area contributed by atoms with Gasteiger partial charge < -0.3 is 119 Å². The Morgan fingerprint density at radius 1 is 0.789 bits per heavy atom. The molecule has 4 saturated heterocycles. The molecule has 332 valence electrons.